The number of ether oxygens (including phenoxy) is 2. The third kappa shape index (κ3) is 5.42. The lowest BCUT2D eigenvalue weighted by molar-refractivity contribution is -0.119. The molecule has 0 aromatic heterocycles. The van der Waals surface area contributed by atoms with E-state index in [1.807, 2.05) is 19.9 Å². The fraction of sp³-hybridized carbons (Fsp3) is 0.571. The summed E-state index contributed by atoms with van der Waals surface area (Å²) < 4.78 is 10.5. The van der Waals surface area contributed by atoms with E-state index in [-0.39, 0.29) is 6.04 Å². The fourth-order valence-corrected chi connectivity index (χ4v) is 5.67. The van der Waals surface area contributed by atoms with Crippen molar-refractivity contribution in [2.75, 3.05) is 14.2 Å². The topological polar surface area (TPSA) is 86.6 Å². The largest absolute Gasteiger partial charge is 0.493 e. The predicted molar refractivity (Wildman–Crippen MR) is 126 cm³/mol. The van der Waals surface area contributed by atoms with E-state index in [0.717, 1.165) is 36.3 Å². The molecule has 2 N–H and O–H groups in total. The van der Waals surface area contributed by atoms with Gasteiger partial charge >= 0.3 is 6.03 Å². The quantitative estimate of drug-likeness (QED) is 0.281. The molecule has 0 bridgehead atoms. The Bertz CT molecular complexity index is 843. The molecule has 2 amide bonds. The second-order valence-electron chi connectivity index (χ2n) is 8.18. The first kappa shape index (κ1) is 23.6. The number of hydroxylamine groups is 2. The summed E-state index contributed by atoms with van der Waals surface area (Å²) in [5, 5.41) is 20.5. The molecule has 0 spiro atoms. The number of urea groups is 1. The van der Waals surface area contributed by atoms with Gasteiger partial charge in [0.1, 0.15) is 0 Å². The van der Waals surface area contributed by atoms with E-state index in [9.17, 15) is 10.0 Å². The van der Waals surface area contributed by atoms with Crippen LogP contribution in [0.4, 0.5) is 4.79 Å². The number of nitrogens with one attached hydrogen (secondary N) is 1. The summed E-state index contributed by atoms with van der Waals surface area (Å²) >= 11 is 6.90. The van der Waals surface area contributed by atoms with Gasteiger partial charge in [0.2, 0.25) is 0 Å². The number of thiocarbonyl (C=S) groups is 1. The third-order valence-electron chi connectivity index (χ3n) is 5.50. The van der Waals surface area contributed by atoms with E-state index < -0.39 is 16.9 Å². The molecular weight excluding hydrogens is 436 g/mol. The van der Waals surface area contributed by atoms with E-state index in [2.05, 4.69) is 10.4 Å². The molecule has 10 heteroatoms. The highest BCUT2D eigenvalue weighted by molar-refractivity contribution is 8.24. The van der Waals surface area contributed by atoms with Crippen LogP contribution in [0, 0.1) is 0 Å². The van der Waals surface area contributed by atoms with Crippen molar-refractivity contribution in [1.82, 2.24) is 15.4 Å². The number of hydrogen-bond acceptors (Lipinski definition) is 7. The third-order valence-corrected chi connectivity index (χ3v) is 7.04. The minimum Gasteiger partial charge on any atom is -0.493 e. The van der Waals surface area contributed by atoms with Gasteiger partial charge in [-0.3, -0.25) is 5.21 Å². The number of nitrogens with zero attached hydrogens (tertiary/aromatic N) is 3. The number of thioether (sulfide) groups is 1. The van der Waals surface area contributed by atoms with E-state index in [1.165, 1.54) is 23.2 Å². The minimum atomic E-state index is -0.745. The average molecular weight is 467 g/mol. The van der Waals surface area contributed by atoms with Crippen LogP contribution in [0.5, 0.6) is 11.5 Å². The van der Waals surface area contributed by atoms with Crippen LogP contribution in [-0.2, 0) is 0 Å². The Hall–Kier alpha value is -2.04. The van der Waals surface area contributed by atoms with Gasteiger partial charge in [-0.2, -0.15) is 10.2 Å². The molecule has 1 aromatic carbocycles. The summed E-state index contributed by atoms with van der Waals surface area (Å²) in [7, 11) is 3.14. The molecule has 1 aliphatic carbocycles. The molecule has 1 saturated heterocycles. The van der Waals surface area contributed by atoms with Crippen molar-refractivity contribution in [1.29, 1.82) is 0 Å². The molecule has 170 valence electrons. The molecule has 1 heterocycles. The monoisotopic (exact) mass is 466 g/mol. The van der Waals surface area contributed by atoms with Crippen LogP contribution in [0.1, 0.15) is 51.5 Å². The van der Waals surface area contributed by atoms with E-state index in [4.69, 9.17) is 21.7 Å². The summed E-state index contributed by atoms with van der Waals surface area (Å²) in [6, 6.07) is 4.98. The number of hydrazone groups is 1. The first-order valence-electron chi connectivity index (χ1n) is 10.3. The standard InChI is InChI=1S/C21H30N4O4S2/c1-21(2)18(25(27)19(26)23-15-8-6-5-7-9-15)24(20(30)31-21)22-13-14-10-11-16(28-3)17(12-14)29-4/h10-13,15,18,27H,5-9H2,1-4H3,(H,23,26). The molecule has 1 aromatic rings. The summed E-state index contributed by atoms with van der Waals surface area (Å²) in [5.74, 6) is 1.20. The first-order chi connectivity index (χ1) is 14.8. The van der Waals surface area contributed by atoms with Crippen molar-refractivity contribution in [3.63, 3.8) is 0 Å². The normalized spacial score (nSPS) is 21.4. The molecule has 3 rings (SSSR count). The molecular formula is C21H30N4O4S2. The van der Waals surface area contributed by atoms with Gasteiger partial charge in [-0.05, 0) is 50.5 Å². The highest BCUT2D eigenvalue weighted by atomic mass is 32.2. The molecule has 1 saturated carbocycles. The van der Waals surface area contributed by atoms with Crippen LogP contribution in [0.3, 0.4) is 0 Å². The Morgan fingerprint density at radius 2 is 1.97 bits per heavy atom. The lowest BCUT2D eigenvalue weighted by Gasteiger charge is -2.35. The number of carbonyl (C=O) groups is 1. The summed E-state index contributed by atoms with van der Waals surface area (Å²) in [5.41, 5.74) is 0.769. The molecule has 31 heavy (non-hydrogen) atoms. The maximum Gasteiger partial charge on any atom is 0.343 e. The number of carbonyl (C=O) groups excluding carboxylic acids is 1. The lowest BCUT2D eigenvalue weighted by atomic mass is 9.96. The number of amides is 2. The van der Waals surface area contributed by atoms with Gasteiger partial charge in [0.05, 0.1) is 25.2 Å². The summed E-state index contributed by atoms with van der Waals surface area (Å²) in [4.78, 5) is 12.8. The van der Waals surface area contributed by atoms with Crippen molar-refractivity contribution >= 4 is 40.5 Å². The van der Waals surface area contributed by atoms with E-state index >= 15 is 0 Å². The van der Waals surface area contributed by atoms with Crippen LogP contribution in [0.2, 0.25) is 0 Å². The van der Waals surface area contributed by atoms with Crippen LogP contribution in [0.25, 0.3) is 0 Å². The highest BCUT2D eigenvalue weighted by Crippen LogP contribution is 2.42. The Morgan fingerprint density at radius 3 is 2.61 bits per heavy atom. The second-order valence-corrected chi connectivity index (χ2v) is 10.5. The Labute approximate surface area is 192 Å². The van der Waals surface area contributed by atoms with Crippen molar-refractivity contribution in [2.24, 2.45) is 5.10 Å². The van der Waals surface area contributed by atoms with Crippen molar-refractivity contribution < 1.29 is 19.5 Å². The van der Waals surface area contributed by atoms with Gasteiger partial charge in [0, 0.05) is 6.04 Å². The van der Waals surface area contributed by atoms with Gasteiger partial charge in [-0.25, -0.2) is 9.80 Å². The van der Waals surface area contributed by atoms with Crippen LogP contribution in [-0.4, -0.2) is 63.0 Å². The van der Waals surface area contributed by atoms with Crippen LogP contribution >= 0.6 is 24.0 Å². The molecule has 0 radical (unpaired) electrons. The molecule has 2 fully saturated rings. The molecule has 1 unspecified atom stereocenters. The number of benzene rings is 1. The Balaban J connectivity index is 1.78. The maximum absolute atomic E-state index is 12.8. The maximum atomic E-state index is 12.8. The SMILES string of the molecule is COc1ccc(C=NN2C(=S)SC(C)(C)C2N(O)C(=O)NC2CCCCC2)cc1OC. The number of methoxy groups -OCH3 is 2. The van der Waals surface area contributed by atoms with E-state index in [0.29, 0.717) is 15.8 Å². The Morgan fingerprint density at radius 1 is 1.29 bits per heavy atom. The summed E-state index contributed by atoms with van der Waals surface area (Å²) in [6.07, 6.45) is 6.11. The fourth-order valence-electron chi connectivity index (χ4n) is 3.89. The van der Waals surface area contributed by atoms with Crippen LogP contribution < -0.4 is 14.8 Å². The number of rotatable bonds is 6. The van der Waals surface area contributed by atoms with E-state index in [1.54, 1.807) is 32.6 Å². The highest BCUT2D eigenvalue weighted by Gasteiger charge is 2.50. The van der Waals surface area contributed by atoms with Crippen LogP contribution in [0.15, 0.2) is 23.3 Å². The van der Waals surface area contributed by atoms with Crippen molar-refractivity contribution in [2.45, 2.75) is 62.9 Å². The lowest BCUT2D eigenvalue weighted by Crippen LogP contribution is -2.57. The van der Waals surface area contributed by atoms with Crippen molar-refractivity contribution in [3.8, 4) is 11.5 Å². The minimum absolute atomic E-state index is 0.0868. The predicted octanol–water partition coefficient (Wildman–Crippen LogP) is 4.21. The zero-order valence-electron chi connectivity index (χ0n) is 18.3. The molecule has 8 nitrogen and oxygen atoms in total. The van der Waals surface area contributed by atoms with Crippen molar-refractivity contribution in [3.05, 3.63) is 23.8 Å². The van der Waals surface area contributed by atoms with Gasteiger partial charge < -0.3 is 14.8 Å². The smallest absolute Gasteiger partial charge is 0.343 e. The summed E-state index contributed by atoms with van der Waals surface area (Å²) in [6.45, 7) is 3.86. The number of hydrogen-bond donors (Lipinski definition) is 2. The first-order valence-corrected chi connectivity index (χ1v) is 11.6. The average Bonchev–Trinajstić information content (AvgIpc) is 2.99. The second kappa shape index (κ2) is 10.1. The zero-order chi connectivity index (χ0) is 22.6. The Kier molecular flexibility index (Phi) is 7.66. The zero-order valence-corrected chi connectivity index (χ0v) is 20.0. The molecule has 1 aliphatic heterocycles. The molecule has 1 atom stereocenters. The van der Waals surface area contributed by atoms with Gasteiger partial charge in [0.25, 0.3) is 0 Å². The van der Waals surface area contributed by atoms with Gasteiger partial charge in [-0.1, -0.05) is 43.2 Å². The van der Waals surface area contributed by atoms with Gasteiger partial charge in [0.15, 0.2) is 22.0 Å². The molecule has 2 aliphatic rings. The van der Waals surface area contributed by atoms with Gasteiger partial charge in [-0.15, -0.1) is 0 Å².